The Labute approximate surface area is 175 Å². The molecule has 2 N–H and O–H groups in total. The molecule has 0 unspecified atom stereocenters. The highest BCUT2D eigenvalue weighted by molar-refractivity contribution is 7.99. The molecule has 0 saturated heterocycles. The standard InChI is InChI=1S/C22H26N4O2S/c1-4-26-19-12-8-7-11-18(19)25-22(26)29-14-20(27)24-17-10-6-5-9-16(17)21(28)23-13-15(2)3/h5-12,15H,4,13-14H2,1-3H3,(H,23,28)(H,24,27). The molecule has 1 aromatic heterocycles. The summed E-state index contributed by atoms with van der Waals surface area (Å²) in [7, 11) is 0. The van der Waals surface area contributed by atoms with Crippen LogP contribution in [0.4, 0.5) is 5.69 Å². The van der Waals surface area contributed by atoms with E-state index in [1.807, 2.05) is 38.1 Å². The van der Waals surface area contributed by atoms with Crippen molar-refractivity contribution in [1.82, 2.24) is 14.9 Å². The van der Waals surface area contributed by atoms with Crippen molar-refractivity contribution in [2.24, 2.45) is 5.92 Å². The van der Waals surface area contributed by atoms with Crippen molar-refractivity contribution >= 4 is 40.3 Å². The second-order valence-electron chi connectivity index (χ2n) is 7.11. The first-order valence-electron chi connectivity index (χ1n) is 9.74. The number of fused-ring (bicyclic) bond motifs is 1. The molecule has 2 aromatic carbocycles. The summed E-state index contributed by atoms with van der Waals surface area (Å²) in [5.41, 5.74) is 2.96. The van der Waals surface area contributed by atoms with Crippen LogP contribution in [0, 0.1) is 5.92 Å². The lowest BCUT2D eigenvalue weighted by atomic mass is 10.1. The van der Waals surface area contributed by atoms with E-state index in [1.165, 1.54) is 11.8 Å². The predicted octanol–water partition coefficient (Wildman–Crippen LogP) is 4.17. The minimum Gasteiger partial charge on any atom is -0.352 e. The Hall–Kier alpha value is -2.80. The molecule has 0 fully saturated rings. The molecule has 7 heteroatoms. The average Bonchev–Trinajstić information content (AvgIpc) is 3.08. The zero-order valence-electron chi connectivity index (χ0n) is 16.9. The molecule has 0 saturated carbocycles. The summed E-state index contributed by atoms with van der Waals surface area (Å²) in [6.45, 7) is 7.50. The monoisotopic (exact) mass is 410 g/mol. The third-order valence-corrected chi connectivity index (χ3v) is 5.36. The van der Waals surface area contributed by atoms with Crippen LogP contribution >= 0.6 is 11.8 Å². The number of carbonyl (C=O) groups excluding carboxylic acids is 2. The van der Waals surface area contributed by atoms with Gasteiger partial charge >= 0.3 is 0 Å². The Balaban J connectivity index is 1.67. The van der Waals surface area contributed by atoms with E-state index in [9.17, 15) is 9.59 Å². The van der Waals surface area contributed by atoms with Crippen LogP contribution in [0.15, 0.2) is 53.7 Å². The minimum absolute atomic E-state index is 0.172. The number of para-hydroxylation sites is 3. The maximum absolute atomic E-state index is 12.5. The van der Waals surface area contributed by atoms with Gasteiger partial charge in [0.2, 0.25) is 5.91 Å². The molecule has 0 aliphatic carbocycles. The fraction of sp³-hybridized carbons (Fsp3) is 0.318. The number of aromatic nitrogens is 2. The van der Waals surface area contributed by atoms with Crippen LogP contribution in [0.3, 0.4) is 0 Å². The first-order chi connectivity index (χ1) is 14.0. The highest BCUT2D eigenvalue weighted by atomic mass is 32.2. The largest absolute Gasteiger partial charge is 0.352 e. The number of amides is 2. The molecule has 1 heterocycles. The van der Waals surface area contributed by atoms with Gasteiger partial charge in [0.25, 0.3) is 5.91 Å². The lowest BCUT2D eigenvalue weighted by Crippen LogP contribution is -2.28. The number of anilines is 1. The van der Waals surface area contributed by atoms with Crippen LogP contribution < -0.4 is 10.6 Å². The Morgan fingerprint density at radius 1 is 1.10 bits per heavy atom. The third kappa shape index (κ3) is 5.17. The zero-order valence-corrected chi connectivity index (χ0v) is 17.8. The molecule has 3 aromatic rings. The first kappa shape index (κ1) is 20.9. The van der Waals surface area contributed by atoms with E-state index < -0.39 is 0 Å². The van der Waals surface area contributed by atoms with Crippen LogP contribution in [0.25, 0.3) is 11.0 Å². The fourth-order valence-electron chi connectivity index (χ4n) is 2.97. The molecule has 3 rings (SSSR count). The summed E-state index contributed by atoms with van der Waals surface area (Å²) in [6, 6.07) is 15.0. The quantitative estimate of drug-likeness (QED) is 0.547. The van der Waals surface area contributed by atoms with Gasteiger partial charge in [-0.3, -0.25) is 9.59 Å². The van der Waals surface area contributed by atoms with E-state index in [-0.39, 0.29) is 17.6 Å². The maximum Gasteiger partial charge on any atom is 0.253 e. The number of carbonyl (C=O) groups is 2. The number of nitrogens with zero attached hydrogens (tertiary/aromatic N) is 2. The second-order valence-corrected chi connectivity index (χ2v) is 8.06. The molecule has 0 spiro atoms. The van der Waals surface area contributed by atoms with Crippen molar-refractivity contribution in [3.05, 3.63) is 54.1 Å². The van der Waals surface area contributed by atoms with Crippen molar-refractivity contribution in [2.75, 3.05) is 17.6 Å². The number of benzene rings is 2. The molecule has 6 nitrogen and oxygen atoms in total. The maximum atomic E-state index is 12.5. The Kier molecular flexibility index (Phi) is 6.93. The molecule has 29 heavy (non-hydrogen) atoms. The molecule has 0 atom stereocenters. The van der Waals surface area contributed by atoms with Crippen molar-refractivity contribution in [1.29, 1.82) is 0 Å². The molecule has 152 valence electrons. The average molecular weight is 411 g/mol. The number of nitrogens with one attached hydrogen (secondary N) is 2. The first-order valence-corrected chi connectivity index (χ1v) is 10.7. The Morgan fingerprint density at radius 3 is 2.59 bits per heavy atom. The molecule has 2 amide bonds. The topological polar surface area (TPSA) is 76.0 Å². The van der Waals surface area contributed by atoms with Crippen LogP contribution in [-0.4, -0.2) is 33.7 Å². The summed E-state index contributed by atoms with van der Waals surface area (Å²) in [6.07, 6.45) is 0. The van der Waals surface area contributed by atoms with Gasteiger partial charge in [0, 0.05) is 13.1 Å². The van der Waals surface area contributed by atoms with Gasteiger partial charge in [-0.1, -0.05) is 49.9 Å². The van der Waals surface area contributed by atoms with E-state index in [0.717, 1.165) is 22.7 Å². The van der Waals surface area contributed by atoms with Crippen LogP contribution in [0.2, 0.25) is 0 Å². The lowest BCUT2D eigenvalue weighted by molar-refractivity contribution is -0.113. The number of thioether (sulfide) groups is 1. The number of imidazole rings is 1. The molecule has 0 radical (unpaired) electrons. The molecular weight excluding hydrogens is 384 g/mol. The van der Waals surface area contributed by atoms with Crippen LogP contribution in [0.1, 0.15) is 31.1 Å². The Morgan fingerprint density at radius 2 is 1.83 bits per heavy atom. The van der Waals surface area contributed by atoms with Gasteiger partial charge in [-0.25, -0.2) is 4.98 Å². The summed E-state index contributed by atoms with van der Waals surface area (Å²) < 4.78 is 2.10. The fourth-order valence-corrected chi connectivity index (χ4v) is 3.85. The van der Waals surface area contributed by atoms with Gasteiger partial charge in [-0.15, -0.1) is 0 Å². The summed E-state index contributed by atoms with van der Waals surface area (Å²) in [4.78, 5) is 29.6. The van der Waals surface area contributed by atoms with Crippen molar-refractivity contribution < 1.29 is 9.59 Å². The van der Waals surface area contributed by atoms with E-state index in [0.29, 0.717) is 23.7 Å². The van der Waals surface area contributed by atoms with E-state index in [2.05, 4.69) is 27.1 Å². The predicted molar refractivity (Wildman–Crippen MR) is 118 cm³/mol. The molecule has 0 aliphatic heterocycles. The summed E-state index contributed by atoms with van der Waals surface area (Å²) >= 11 is 1.39. The normalized spacial score (nSPS) is 11.0. The number of aryl methyl sites for hydroxylation is 1. The Bertz CT molecular complexity index is 1010. The van der Waals surface area contributed by atoms with Gasteiger partial charge in [0.15, 0.2) is 5.16 Å². The van der Waals surface area contributed by atoms with Crippen LogP contribution in [0.5, 0.6) is 0 Å². The number of hydrogen-bond donors (Lipinski definition) is 2. The van der Waals surface area contributed by atoms with Crippen molar-refractivity contribution in [2.45, 2.75) is 32.5 Å². The molecule has 0 aliphatic rings. The van der Waals surface area contributed by atoms with Crippen molar-refractivity contribution in [3.8, 4) is 0 Å². The summed E-state index contributed by atoms with van der Waals surface area (Å²) in [5.74, 6) is 0.212. The molecular formula is C22H26N4O2S. The van der Waals surface area contributed by atoms with Crippen molar-refractivity contribution in [3.63, 3.8) is 0 Å². The SMILES string of the molecule is CCn1c(SCC(=O)Nc2ccccc2C(=O)NCC(C)C)nc2ccccc21. The second kappa shape index (κ2) is 9.60. The number of hydrogen-bond acceptors (Lipinski definition) is 4. The van der Waals surface area contributed by atoms with Gasteiger partial charge in [-0.05, 0) is 37.1 Å². The lowest BCUT2D eigenvalue weighted by Gasteiger charge is -2.12. The van der Waals surface area contributed by atoms with Crippen LogP contribution in [-0.2, 0) is 11.3 Å². The smallest absolute Gasteiger partial charge is 0.253 e. The molecule has 0 bridgehead atoms. The minimum atomic E-state index is -0.185. The summed E-state index contributed by atoms with van der Waals surface area (Å²) in [5, 5.41) is 6.57. The highest BCUT2D eigenvalue weighted by Crippen LogP contribution is 2.24. The van der Waals surface area contributed by atoms with Gasteiger partial charge in [-0.2, -0.15) is 0 Å². The van der Waals surface area contributed by atoms with E-state index in [4.69, 9.17) is 0 Å². The van der Waals surface area contributed by atoms with E-state index >= 15 is 0 Å². The third-order valence-electron chi connectivity index (χ3n) is 4.38. The van der Waals surface area contributed by atoms with E-state index in [1.54, 1.807) is 24.3 Å². The van der Waals surface area contributed by atoms with Gasteiger partial charge in [0.05, 0.1) is 28.0 Å². The number of rotatable bonds is 8. The zero-order chi connectivity index (χ0) is 20.8. The van der Waals surface area contributed by atoms with Gasteiger partial charge < -0.3 is 15.2 Å². The highest BCUT2D eigenvalue weighted by Gasteiger charge is 2.15. The van der Waals surface area contributed by atoms with Gasteiger partial charge in [0.1, 0.15) is 0 Å².